The predicted octanol–water partition coefficient (Wildman–Crippen LogP) is 2.57. The molecule has 25 heavy (non-hydrogen) atoms. The molecule has 0 aromatic heterocycles. The Morgan fingerprint density at radius 3 is 2.72 bits per heavy atom. The van der Waals surface area contributed by atoms with Crippen LogP contribution < -0.4 is 5.32 Å². The van der Waals surface area contributed by atoms with Crippen molar-refractivity contribution in [3.8, 4) is 0 Å². The summed E-state index contributed by atoms with van der Waals surface area (Å²) < 4.78 is 5.30. The fraction of sp³-hybridized carbons (Fsp3) is 0.529. The van der Waals surface area contributed by atoms with E-state index >= 15 is 0 Å². The normalized spacial score (nSPS) is 15.9. The maximum Gasteiger partial charge on any atom is 0.220 e. The van der Waals surface area contributed by atoms with Gasteiger partial charge < -0.3 is 14.9 Å². The first kappa shape index (κ1) is 20.0. The summed E-state index contributed by atoms with van der Waals surface area (Å²) in [5.74, 6) is -0.0166. The van der Waals surface area contributed by atoms with Crippen LogP contribution in [0.5, 0.6) is 0 Å². The molecule has 1 N–H and O–H groups in total. The van der Waals surface area contributed by atoms with Gasteiger partial charge in [0.2, 0.25) is 5.91 Å². The van der Waals surface area contributed by atoms with E-state index in [4.69, 9.17) is 32.8 Å². The highest BCUT2D eigenvalue weighted by atomic mass is 35.5. The van der Waals surface area contributed by atoms with Crippen molar-refractivity contribution in [2.24, 2.45) is 5.16 Å². The van der Waals surface area contributed by atoms with Crippen LogP contribution in [-0.2, 0) is 14.4 Å². The number of benzene rings is 1. The van der Waals surface area contributed by atoms with Crippen molar-refractivity contribution in [3.05, 3.63) is 33.8 Å². The summed E-state index contributed by atoms with van der Waals surface area (Å²) in [6, 6.07) is 5.23. The number of morpholine rings is 1. The van der Waals surface area contributed by atoms with E-state index in [1.165, 1.54) is 7.11 Å². The van der Waals surface area contributed by atoms with E-state index in [1.807, 2.05) is 6.07 Å². The fourth-order valence-corrected chi connectivity index (χ4v) is 2.83. The molecule has 1 amide bonds. The van der Waals surface area contributed by atoms with Crippen molar-refractivity contribution in [1.82, 2.24) is 10.2 Å². The molecular formula is C17H23Cl2N3O3. The SMILES string of the molecule is CON=C(CCC(=O)NCCN1CCOCC1)c1ccc(Cl)c(Cl)c1. The zero-order chi connectivity index (χ0) is 18.1. The van der Waals surface area contributed by atoms with Crippen molar-refractivity contribution in [1.29, 1.82) is 0 Å². The first-order valence-electron chi connectivity index (χ1n) is 8.22. The summed E-state index contributed by atoms with van der Waals surface area (Å²) in [4.78, 5) is 19.2. The minimum Gasteiger partial charge on any atom is -0.399 e. The van der Waals surface area contributed by atoms with E-state index in [2.05, 4.69) is 15.4 Å². The monoisotopic (exact) mass is 387 g/mol. The number of rotatable bonds is 8. The standard InChI is InChI=1S/C17H23Cl2N3O3/c1-24-21-16(13-2-3-14(18)15(19)12-13)4-5-17(23)20-6-7-22-8-10-25-11-9-22/h2-3,12H,4-11H2,1H3,(H,20,23). The largest absolute Gasteiger partial charge is 0.399 e. The average Bonchev–Trinajstić information content (AvgIpc) is 2.62. The zero-order valence-electron chi connectivity index (χ0n) is 14.3. The third-order valence-electron chi connectivity index (χ3n) is 3.90. The second-order valence-corrected chi connectivity index (χ2v) is 6.47. The van der Waals surface area contributed by atoms with Crippen LogP contribution in [0.3, 0.4) is 0 Å². The van der Waals surface area contributed by atoms with Gasteiger partial charge >= 0.3 is 0 Å². The maximum absolute atomic E-state index is 12.0. The molecule has 1 aromatic rings. The predicted molar refractivity (Wildman–Crippen MR) is 99.5 cm³/mol. The fourth-order valence-electron chi connectivity index (χ4n) is 2.53. The molecule has 8 heteroatoms. The van der Waals surface area contributed by atoms with Crippen LogP contribution >= 0.6 is 23.2 Å². The third kappa shape index (κ3) is 6.82. The van der Waals surface area contributed by atoms with Crippen LogP contribution in [-0.4, -0.2) is 63.0 Å². The smallest absolute Gasteiger partial charge is 0.220 e. The van der Waals surface area contributed by atoms with Crippen LogP contribution in [0.4, 0.5) is 0 Å². The van der Waals surface area contributed by atoms with Crippen molar-refractivity contribution in [2.75, 3.05) is 46.5 Å². The van der Waals surface area contributed by atoms with Gasteiger partial charge in [-0.1, -0.05) is 34.4 Å². The molecule has 1 fully saturated rings. The first-order valence-corrected chi connectivity index (χ1v) is 8.98. The quantitative estimate of drug-likeness (QED) is 0.549. The van der Waals surface area contributed by atoms with Crippen LogP contribution in [0.25, 0.3) is 0 Å². The van der Waals surface area contributed by atoms with E-state index in [1.54, 1.807) is 12.1 Å². The maximum atomic E-state index is 12.0. The number of oxime groups is 1. The molecular weight excluding hydrogens is 365 g/mol. The van der Waals surface area contributed by atoms with Gasteiger partial charge in [0.15, 0.2) is 0 Å². The van der Waals surface area contributed by atoms with Gasteiger partial charge in [-0.25, -0.2) is 0 Å². The lowest BCUT2D eigenvalue weighted by Crippen LogP contribution is -2.41. The molecule has 0 atom stereocenters. The van der Waals surface area contributed by atoms with E-state index in [9.17, 15) is 4.79 Å². The molecule has 0 spiro atoms. The van der Waals surface area contributed by atoms with Crippen LogP contribution in [0, 0.1) is 0 Å². The highest BCUT2D eigenvalue weighted by Gasteiger charge is 2.12. The van der Waals surface area contributed by atoms with Gasteiger partial charge in [-0.15, -0.1) is 0 Å². The molecule has 2 rings (SSSR count). The molecule has 0 aliphatic carbocycles. The summed E-state index contributed by atoms with van der Waals surface area (Å²) in [7, 11) is 1.47. The lowest BCUT2D eigenvalue weighted by molar-refractivity contribution is -0.121. The Morgan fingerprint density at radius 2 is 2.04 bits per heavy atom. The Hall–Kier alpha value is -1.34. The minimum atomic E-state index is -0.0166. The molecule has 0 unspecified atom stereocenters. The van der Waals surface area contributed by atoms with E-state index in [-0.39, 0.29) is 5.91 Å². The van der Waals surface area contributed by atoms with Crippen LogP contribution in [0.2, 0.25) is 10.0 Å². The Labute approximate surface area is 158 Å². The van der Waals surface area contributed by atoms with Crippen molar-refractivity contribution < 1.29 is 14.4 Å². The van der Waals surface area contributed by atoms with Gasteiger partial charge in [0.05, 0.1) is 29.0 Å². The average molecular weight is 388 g/mol. The van der Waals surface area contributed by atoms with Crippen molar-refractivity contribution >= 4 is 34.8 Å². The number of hydrogen-bond acceptors (Lipinski definition) is 5. The molecule has 0 saturated carbocycles. The Kier molecular flexibility index (Phi) is 8.48. The lowest BCUT2D eigenvalue weighted by atomic mass is 10.1. The number of carbonyl (C=O) groups is 1. The second kappa shape index (κ2) is 10.6. The first-order chi connectivity index (χ1) is 12.1. The lowest BCUT2D eigenvalue weighted by Gasteiger charge is -2.26. The number of amides is 1. The molecule has 0 radical (unpaired) electrons. The molecule has 1 aliphatic heterocycles. The molecule has 1 saturated heterocycles. The van der Waals surface area contributed by atoms with E-state index in [0.29, 0.717) is 35.1 Å². The van der Waals surface area contributed by atoms with Crippen LogP contribution in [0.1, 0.15) is 18.4 Å². The Morgan fingerprint density at radius 1 is 1.28 bits per heavy atom. The van der Waals surface area contributed by atoms with Gasteiger partial charge in [-0.2, -0.15) is 0 Å². The summed E-state index contributed by atoms with van der Waals surface area (Å²) >= 11 is 12.0. The second-order valence-electron chi connectivity index (χ2n) is 5.65. The number of nitrogens with zero attached hydrogens (tertiary/aromatic N) is 2. The molecule has 138 valence electrons. The highest BCUT2D eigenvalue weighted by Crippen LogP contribution is 2.23. The number of hydrogen-bond donors (Lipinski definition) is 1. The summed E-state index contributed by atoms with van der Waals surface area (Å²) in [6.07, 6.45) is 0.779. The van der Waals surface area contributed by atoms with Crippen LogP contribution in [0.15, 0.2) is 23.4 Å². The minimum absolute atomic E-state index is 0.0166. The van der Waals surface area contributed by atoms with Crippen molar-refractivity contribution in [2.45, 2.75) is 12.8 Å². The number of halogens is 2. The number of carbonyl (C=O) groups excluding carboxylic acids is 1. The molecule has 1 heterocycles. The highest BCUT2D eigenvalue weighted by molar-refractivity contribution is 6.42. The number of nitrogens with one attached hydrogen (secondary N) is 1. The van der Waals surface area contributed by atoms with Crippen molar-refractivity contribution in [3.63, 3.8) is 0 Å². The Bertz CT molecular complexity index is 605. The number of ether oxygens (including phenoxy) is 1. The van der Waals surface area contributed by atoms with E-state index in [0.717, 1.165) is 38.4 Å². The van der Waals surface area contributed by atoms with Gasteiger partial charge in [0, 0.05) is 44.6 Å². The van der Waals surface area contributed by atoms with Gasteiger partial charge in [0.25, 0.3) is 0 Å². The van der Waals surface area contributed by atoms with Gasteiger partial charge in [-0.05, 0) is 12.1 Å². The summed E-state index contributed by atoms with van der Waals surface area (Å²) in [6.45, 7) is 4.81. The molecule has 6 nitrogen and oxygen atoms in total. The molecule has 1 aromatic carbocycles. The summed E-state index contributed by atoms with van der Waals surface area (Å²) in [5, 5.41) is 7.86. The zero-order valence-corrected chi connectivity index (χ0v) is 15.8. The Balaban J connectivity index is 1.78. The molecule has 1 aliphatic rings. The molecule has 0 bridgehead atoms. The van der Waals surface area contributed by atoms with Gasteiger partial charge in [0.1, 0.15) is 7.11 Å². The third-order valence-corrected chi connectivity index (χ3v) is 4.64. The topological polar surface area (TPSA) is 63.2 Å². The summed E-state index contributed by atoms with van der Waals surface area (Å²) in [5.41, 5.74) is 1.45. The van der Waals surface area contributed by atoms with E-state index < -0.39 is 0 Å². The van der Waals surface area contributed by atoms with Gasteiger partial charge in [-0.3, -0.25) is 9.69 Å².